The summed E-state index contributed by atoms with van der Waals surface area (Å²) in [5, 5.41) is 21.2. The zero-order valence-electron chi connectivity index (χ0n) is 17.3. The van der Waals surface area contributed by atoms with Gasteiger partial charge in [0.05, 0.1) is 18.5 Å². The number of hydrogen-bond donors (Lipinski definition) is 2. The van der Waals surface area contributed by atoms with Crippen LogP contribution < -0.4 is 4.74 Å². The minimum absolute atomic E-state index is 0.0645. The Bertz CT molecular complexity index is 960. The van der Waals surface area contributed by atoms with Gasteiger partial charge in [-0.15, -0.1) is 0 Å². The molecule has 2 N–H and O–H groups in total. The van der Waals surface area contributed by atoms with Gasteiger partial charge in [-0.2, -0.15) is 0 Å². The molecule has 1 aliphatic heterocycles. The Balaban J connectivity index is 1.26. The van der Waals surface area contributed by atoms with Crippen molar-refractivity contribution in [3.05, 3.63) is 67.3 Å². The number of hydrogen-bond acceptors (Lipinski definition) is 6. The van der Waals surface area contributed by atoms with Gasteiger partial charge < -0.3 is 24.4 Å². The fraction of sp³-hybridized carbons (Fsp3) is 0.391. The number of benzene rings is 1. The van der Waals surface area contributed by atoms with E-state index in [4.69, 9.17) is 4.74 Å². The van der Waals surface area contributed by atoms with Gasteiger partial charge >= 0.3 is 0 Å². The molecular formula is C23H27FN4O3. The zero-order valence-corrected chi connectivity index (χ0v) is 17.3. The predicted molar refractivity (Wildman–Crippen MR) is 114 cm³/mol. The standard InChI is InChI=1S/C23H27FN4O3/c24-20-11-19(18-1-5-25-6-2-18)12-22(13-20)31-15-21(29)14-27-8-3-23(30,4-9-27)16-28-10-7-26-17-28/h1-2,5-7,10-13,17,21,29-30H,3-4,8-9,14-16H2. The van der Waals surface area contributed by atoms with Crippen molar-refractivity contribution in [3.63, 3.8) is 0 Å². The first-order valence-electron chi connectivity index (χ1n) is 10.4. The number of nitrogens with zero attached hydrogens (tertiary/aromatic N) is 4. The monoisotopic (exact) mass is 426 g/mol. The highest BCUT2D eigenvalue weighted by molar-refractivity contribution is 5.64. The van der Waals surface area contributed by atoms with Crippen LogP contribution >= 0.6 is 0 Å². The van der Waals surface area contributed by atoms with Gasteiger partial charge in [0.1, 0.15) is 24.3 Å². The molecule has 0 saturated carbocycles. The maximum Gasteiger partial charge on any atom is 0.127 e. The number of rotatable bonds is 8. The largest absolute Gasteiger partial charge is 0.491 e. The van der Waals surface area contributed by atoms with E-state index in [0.29, 0.717) is 50.3 Å². The molecule has 3 heterocycles. The van der Waals surface area contributed by atoms with Gasteiger partial charge in [0.15, 0.2) is 0 Å². The first-order chi connectivity index (χ1) is 15.0. The van der Waals surface area contributed by atoms with Crippen molar-refractivity contribution in [1.82, 2.24) is 19.4 Å². The fourth-order valence-corrected chi connectivity index (χ4v) is 3.93. The van der Waals surface area contributed by atoms with Crippen LogP contribution in [0.3, 0.4) is 0 Å². The molecule has 0 amide bonds. The lowest BCUT2D eigenvalue weighted by Gasteiger charge is -2.39. The molecule has 2 aromatic heterocycles. The van der Waals surface area contributed by atoms with Gasteiger partial charge in [-0.25, -0.2) is 9.37 Å². The van der Waals surface area contributed by atoms with E-state index >= 15 is 0 Å². The summed E-state index contributed by atoms with van der Waals surface area (Å²) in [6.45, 7) is 2.40. The van der Waals surface area contributed by atoms with Crippen molar-refractivity contribution < 1.29 is 19.3 Å². The van der Waals surface area contributed by atoms with Gasteiger partial charge in [0.2, 0.25) is 0 Å². The molecule has 31 heavy (non-hydrogen) atoms. The average molecular weight is 426 g/mol. The molecule has 3 aromatic rings. The summed E-state index contributed by atoms with van der Waals surface area (Å²) in [6, 6.07) is 8.11. The fourth-order valence-electron chi connectivity index (χ4n) is 3.93. The number of piperidine rings is 1. The number of likely N-dealkylation sites (tertiary alicyclic amines) is 1. The highest BCUT2D eigenvalue weighted by atomic mass is 19.1. The van der Waals surface area contributed by atoms with Gasteiger partial charge in [-0.1, -0.05) is 0 Å². The minimum Gasteiger partial charge on any atom is -0.491 e. The summed E-state index contributed by atoms with van der Waals surface area (Å²) < 4.78 is 21.6. The topological polar surface area (TPSA) is 83.6 Å². The molecule has 0 spiro atoms. The molecule has 7 nitrogen and oxygen atoms in total. The van der Waals surface area contributed by atoms with E-state index in [1.54, 1.807) is 43.1 Å². The van der Waals surface area contributed by atoms with E-state index in [1.807, 2.05) is 10.8 Å². The smallest absolute Gasteiger partial charge is 0.127 e. The lowest BCUT2D eigenvalue weighted by molar-refractivity contribution is -0.0438. The molecule has 164 valence electrons. The molecule has 4 rings (SSSR count). The second-order valence-electron chi connectivity index (χ2n) is 8.14. The molecular weight excluding hydrogens is 399 g/mol. The summed E-state index contributed by atoms with van der Waals surface area (Å²) in [7, 11) is 0. The zero-order chi connectivity index (χ0) is 21.7. The van der Waals surface area contributed by atoms with Crippen LogP contribution in [0, 0.1) is 5.82 Å². The first kappa shape index (κ1) is 21.4. The van der Waals surface area contributed by atoms with Crippen LogP contribution in [0.25, 0.3) is 11.1 Å². The lowest BCUT2D eigenvalue weighted by Crippen LogP contribution is -2.49. The number of β-amino-alcohol motifs (C(OH)–C–C–N with tert-alkyl or cyclic N) is 1. The van der Waals surface area contributed by atoms with E-state index in [0.717, 1.165) is 5.56 Å². The van der Waals surface area contributed by atoms with Crippen molar-refractivity contribution in [1.29, 1.82) is 0 Å². The summed E-state index contributed by atoms with van der Waals surface area (Å²) in [5.74, 6) is -0.0220. The molecule has 0 radical (unpaired) electrons. The summed E-state index contributed by atoms with van der Waals surface area (Å²) in [6.07, 6.45) is 9.09. The third-order valence-electron chi connectivity index (χ3n) is 5.62. The van der Waals surface area contributed by atoms with Crippen LogP contribution in [0.2, 0.25) is 0 Å². The van der Waals surface area contributed by atoms with Crippen LogP contribution in [0.4, 0.5) is 4.39 Å². The number of aliphatic hydroxyl groups is 2. The molecule has 0 aliphatic carbocycles. The Labute approximate surface area is 180 Å². The third-order valence-corrected chi connectivity index (χ3v) is 5.62. The lowest BCUT2D eigenvalue weighted by atomic mass is 9.91. The molecule has 1 unspecified atom stereocenters. The first-order valence-corrected chi connectivity index (χ1v) is 10.4. The molecule has 1 aromatic carbocycles. The van der Waals surface area contributed by atoms with Gasteiger partial charge in [0.25, 0.3) is 0 Å². The molecule has 1 fully saturated rings. The number of halogens is 1. The summed E-state index contributed by atoms with van der Waals surface area (Å²) in [5.41, 5.74) is 0.778. The van der Waals surface area contributed by atoms with Gasteiger partial charge in [-0.3, -0.25) is 4.98 Å². The molecule has 0 bridgehead atoms. The number of aliphatic hydroxyl groups excluding tert-OH is 1. The van der Waals surface area contributed by atoms with Crippen molar-refractivity contribution in [2.75, 3.05) is 26.2 Å². The second kappa shape index (κ2) is 9.55. The van der Waals surface area contributed by atoms with E-state index in [2.05, 4.69) is 14.9 Å². The van der Waals surface area contributed by atoms with E-state index in [1.165, 1.54) is 12.1 Å². The van der Waals surface area contributed by atoms with E-state index < -0.39 is 17.5 Å². The maximum atomic E-state index is 14.0. The summed E-state index contributed by atoms with van der Waals surface area (Å²) in [4.78, 5) is 10.1. The Hall–Kier alpha value is -2.81. The average Bonchev–Trinajstić information content (AvgIpc) is 3.27. The second-order valence-corrected chi connectivity index (χ2v) is 8.14. The van der Waals surface area contributed by atoms with Crippen LogP contribution in [-0.2, 0) is 6.54 Å². The van der Waals surface area contributed by atoms with Gasteiger partial charge in [0, 0.05) is 50.5 Å². The van der Waals surface area contributed by atoms with Crippen LogP contribution in [-0.4, -0.2) is 67.6 Å². The highest BCUT2D eigenvalue weighted by Crippen LogP contribution is 2.26. The van der Waals surface area contributed by atoms with E-state index in [9.17, 15) is 14.6 Å². The molecule has 1 aliphatic rings. The SMILES string of the molecule is OC(COc1cc(F)cc(-c2ccncc2)c1)CN1CCC(O)(Cn2ccnc2)CC1. The predicted octanol–water partition coefficient (Wildman–Crippen LogP) is 2.35. The molecule has 8 heteroatoms. The Kier molecular flexibility index (Phi) is 6.60. The van der Waals surface area contributed by atoms with Crippen molar-refractivity contribution in [2.24, 2.45) is 0 Å². The van der Waals surface area contributed by atoms with Crippen molar-refractivity contribution >= 4 is 0 Å². The number of ether oxygens (including phenoxy) is 1. The maximum absolute atomic E-state index is 14.0. The Morgan fingerprint density at radius 2 is 1.84 bits per heavy atom. The summed E-state index contributed by atoms with van der Waals surface area (Å²) >= 11 is 0. The molecule has 1 atom stereocenters. The van der Waals surface area contributed by atoms with Crippen molar-refractivity contribution in [3.8, 4) is 16.9 Å². The highest BCUT2D eigenvalue weighted by Gasteiger charge is 2.33. The van der Waals surface area contributed by atoms with Crippen LogP contribution in [0.1, 0.15) is 12.8 Å². The van der Waals surface area contributed by atoms with Crippen molar-refractivity contribution in [2.45, 2.75) is 31.1 Å². The van der Waals surface area contributed by atoms with Gasteiger partial charge in [-0.05, 0) is 48.2 Å². The molecule has 1 saturated heterocycles. The number of pyridine rings is 1. The van der Waals surface area contributed by atoms with Crippen LogP contribution in [0.5, 0.6) is 5.75 Å². The quantitative estimate of drug-likeness (QED) is 0.575. The number of imidazole rings is 1. The number of aromatic nitrogens is 3. The van der Waals surface area contributed by atoms with E-state index in [-0.39, 0.29) is 6.61 Å². The Morgan fingerprint density at radius 1 is 1.06 bits per heavy atom. The normalized spacial score (nSPS) is 17.4. The minimum atomic E-state index is -0.760. The Morgan fingerprint density at radius 3 is 2.55 bits per heavy atom. The van der Waals surface area contributed by atoms with Crippen LogP contribution in [0.15, 0.2) is 61.4 Å². The third kappa shape index (κ3) is 5.88.